The second-order valence-corrected chi connectivity index (χ2v) is 8.51. The lowest BCUT2D eigenvalue weighted by Crippen LogP contribution is -2.34. The Morgan fingerprint density at radius 2 is 1.64 bits per heavy atom. The van der Waals surface area contributed by atoms with Crippen molar-refractivity contribution in [1.29, 1.82) is 0 Å². The van der Waals surface area contributed by atoms with Crippen LogP contribution in [0.25, 0.3) is 22.2 Å². The van der Waals surface area contributed by atoms with Crippen molar-refractivity contribution >= 4 is 22.9 Å². The van der Waals surface area contributed by atoms with E-state index < -0.39 is 0 Å². The number of carbonyl (C=O) groups is 2. The van der Waals surface area contributed by atoms with Gasteiger partial charge in [0.25, 0.3) is 5.91 Å². The molecule has 172 valence electrons. The Balaban J connectivity index is 1.37. The first kappa shape index (κ1) is 22.7. The highest BCUT2D eigenvalue weighted by Crippen LogP contribution is 2.28. The fourth-order valence-electron chi connectivity index (χ4n) is 4.42. The van der Waals surface area contributed by atoms with Crippen molar-refractivity contribution in [3.8, 4) is 11.3 Å². The van der Waals surface area contributed by atoms with Crippen LogP contribution in [-0.2, 0) is 4.74 Å². The number of pyridine rings is 2. The van der Waals surface area contributed by atoms with Crippen molar-refractivity contribution in [3.05, 3.63) is 60.4 Å². The Bertz CT molecular complexity index is 1100. The zero-order valence-corrected chi connectivity index (χ0v) is 18.9. The third-order valence-corrected chi connectivity index (χ3v) is 6.27. The minimum atomic E-state index is -0.345. The monoisotopic (exact) mass is 446 g/mol. The number of hydrogen-bond acceptors (Lipinski definition) is 5. The second-order valence-electron chi connectivity index (χ2n) is 8.51. The highest BCUT2D eigenvalue weighted by Gasteiger charge is 2.23. The number of rotatable bonds is 7. The highest BCUT2D eigenvalue weighted by atomic mass is 16.5. The average molecular weight is 447 g/mol. The molecule has 0 saturated heterocycles. The highest BCUT2D eigenvalue weighted by molar-refractivity contribution is 6.07. The maximum Gasteiger partial charge on any atom is 0.407 e. The van der Waals surface area contributed by atoms with Crippen molar-refractivity contribution in [2.75, 3.05) is 19.7 Å². The number of para-hydroxylation sites is 1. The Morgan fingerprint density at radius 1 is 0.970 bits per heavy atom. The van der Waals surface area contributed by atoms with E-state index in [1.54, 1.807) is 19.3 Å². The van der Waals surface area contributed by atoms with Gasteiger partial charge >= 0.3 is 6.09 Å². The number of benzene rings is 1. The lowest BCUT2D eigenvalue weighted by Gasteiger charge is -2.28. The van der Waals surface area contributed by atoms with Crippen molar-refractivity contribution in [1.82, 2.24) is 20.6 Å². The molecule has 4 rings (SSSR count). The predicted molar refractivity (Wildman–Crippen MR) is 128 cm³/mol. The van der Waals surface area contributed by atoms with Crippen LogP contribution in [0.5, 0.6) is 0 Å². The molecule has 1 saturated carbocycles. The minimum Gasteiger partial charge on any atom is -0.450 e. The number of alkyl carbamates (subject to hydrolysis) is 1. The minimum absolute atomic E-state index is 0.0741. The van der Waals surface area contributed by atoms with Gasteiger partial charge in [0.2, 0.25) is 0 Å². The first-order valence-electron chi connectivity index (χ1n) is 11.6. The average Bonchev–Trinajstić information content (AvgIpc) is 2.86. The summed E-state index contributed by atoms with van der Waals surface area (Å²) in [5.74, 6) is 0.837. The lowest BCUT2D eigenvalue weighted by atomic mass is 9.82. The molecule has 1 aliphatic rings. The van der Waals surface area contributed by atoms with Crippen LogP contribution in [0.15, 0.2) is 54.9 Å². The summed E-state index contributed by atoms with van der Waals surface area (Å²) in [7, 11) is 0. The van der Waals surface area contributed by atoms with Crippen LogP contribution in [0.4, 0.5) is 4.79 Å². The summed E-state index contributed by atoms with van der Waals surface area (Å²) < 4.78 is 4.92. The molecule has 0 bridgehead atoms. The Morgan fingerprint density at radius 3 is 2.33 bits per heavy atom. The van der Waals surface area contributed by atoms with E-state index in [-0.39, 0.29) is 12.0 Å². The molecule has 0 radical (unpaired) electrons. The molecule has 7 nitrogen and oxygen atoms in total. The molecule has 2 amide bonds. The van der Waals surface area contributed by atoms with Gasteiger partial charge in [-0.15, -0.1) is 0 Å². The molecule has 1 aromatic carbocycles. The first-order valence-corrected chi connectivity index (χ1v) is 11.6. The van der Waals surface area contributed by atoms with Crippen molar-refractivity contribution in [2.45, 2.75) is 32.6 Å². The van der Waals surface area contributed by atoms with E-state index in [2.05, 4.69) is 15.6 Å². The zero-order chi connectivity index (χ0) is 23.0. The topological polar surface area (TPSA) is 93.2 Å². The number of fused-ring (bicyclic) bond motifs is 1. The molecule has 1 fully saturated rings. The smallest absolute Gasteiger partial charge is 0.407 e. The number of aromatic nitrogens is 2. The Kier molecular flexibility index (Phi) is 7.50. The Labute approximate surface area is 194 Å². The van der Waals surface area contributed by atoms with Gasteiger partial charge in [0.15, 0.2) is 0 Å². The predicted octanol–water partition coefficient (Wildman–Crippen LogP) is 4.58. The fraction of sp³-hybridized carbons (Fsp3) is 0.385. The van der Waals surface area contributed by atoms with Gasteiger partial charge in [0.05, 0.1) is 23.4 Å². The number of amides is 2. The SMILES string of the molecule is CCOC(=O)NCC1CCC(CNC(=O)c2cc(-c3ccncc3)nc3ccccc23)CC1. The normalized spacial score (nSPS) is 18.0. The van der Waals surface area contributed by atoms with Gasteiger partial charge in [-0.2, -0.15) is 0 Å². The van der Waals surface area contributed by atoms with Crippen LogP contribution in [0, 0.1) is 11.8 Å². The summed E-state index contributed by atoms with van der Waals surface area (Å²) in [5, 5.41) is 6.84. The van der Waals surface area contributed by atoms with E-state index >= 15 is 0 Å². The molecule has 0 atom stereocenters. The van der Waals surface area contributed by atoms with Crippen LogP contribution in [0.1, 0.15) is 43.0 Å². The van der Waals surface area contributed by atoms with E-state index in [0.29, 0.717) is 37.1 Å². The van der Waals surface area contributed by atoms with Gasteiger partial charge in [-0.05, 0) is 68.7 Å². The number of nitrogens with one attached hydrogen (secondary N) is 2. The molecule has 2 heterocycles. The quantitative estimate of drug-likeness (QED) is 0.554. The lowest BCUT2D eigenvalue weighted by molar-refractivity contribution is 0.0942. The number of carbonyl (C=O) groups excluding carboxylic acids is 2. The van der Waals surface area contributed by atoms with E-state index in [0.717, 1.165) is 47.8 Å². The molecule has 0 spiro atoms. The van der Waals surface area contributed by atoms with E-state index in [4.69, 9.17) is 9.72 Å². The van der Waals surface area contributed by atoms with Crippen LogP contribution < -0.4 is 10.6 Å². The summed E-state index contributed by atoms with van der Waals surface area (Å²) in [6.07, 6.45) is 7.26. The standard InChI is InChI=1S/C26H30N4O3/c1-2-33-26(32)29-17-19-9-7-18(8-10-19)16-28-25(31)22-15-24(20-11-13-27-14-12-20)30-23-6-4-3-5-21(22)23/h3-6,11-15,18-19H,2,7-10,16-17H2,1H3,(H,28,31)(H,29,32). The summed E-state index contributed by atoms with van der Waals surface area (Å²) in [6.45, 7) is 3.49. The molecule has 33 heavy (non-hydrogen) atoms. The maximum atomic E-state index is 13.2. The fourth-order valence-corrected chi connectivity index (χ4v) is 4.42. The summed E-state index contributed by atoms with van der Waals surface area (Å²) in [6, 6.07) is 13.4. The van der Waals surface area contributed by atoms with Gasteiger partial charge in [-0.1, -0.05) is 18.2 Å². The Hall–Kier alpha value is -3.48. The largest absolute Gasteiger partial charge is 0.450 e. The second kappa shape index (κ2) is 10.9. The number of ether oxygens (including phenoxy) is 1. The van der Waals surface area contributed by atoms with Gasteiger partial charge in [-0.3, -0.25) is 9.78 Å². The molecule has 2 N–H and O–H groups in total. The van der Waals surface area contributed by atoms with Crippen LogP contribution in [-0.4, -0.2) is 41.7 Å². The molecule has 7 heteroatoms. The molecular weight excluding hydrogens is 416 g/mol. The summed E-state index contributed by atoms with van der Waals surface area (Å²) in [4.78, 5) is 33.5. The van der Waals surface area contributed by atoms with Gasteiger partial charge in [-0.25, -0.2) is 9.78 Å². The molecular formula is C26H30N4O3. The summed E-state index contributed by atoms with van der Waals surface area (Å²) >= 11 is 0. The van der Waals surface area contributed by atoms with Crippen molar-refractivity contribution in [3.63, 3.8) is 0 Å². The van der Waals surface area contributed by atoms with Crippen molar-refractivity contribution < 1.29 is 14.3 Å². The van der Waals surface area contributed by atoms with E-state index in [1.165, 1.54) is 0 Å². The zero-order valence-electron chi connectivity index (χ0n) is 18.9. The number of hydrogen-bond donors (Lipinski definition) is 2. The van der Waals surface area contributed by atoms with E-state index in [9.17, 15) is 9.59 Å². The van der Waals surface area contributed by atoms with E-state index in [1.807, 2.05) is 42.5 Å². The molecule has 0 unspecified atom stereocenters. The molecule has 1 aliphatic carbocycles. The maximum absolute atomic E-state index is 13.2. The van der Waals surface area contributed by atoms with Crippen LogP contribution in [0.3, 0.4) is 0 Å². The first-order chi connectivity index (χ1) is 16.1. The van der Waals surface area contributed by atoms with Gasteiger partial charge in [0.1, 0.15) is 0 Å². The molecule has 3 aromatic rings. The molecule has 0 aliphatic heterocycles. The van der Waals surface area contributed by atoms with Gasteiger partial charge < -0.3 is 15.4 Å². The van der Waals surface area contributed by atoms with Crippen LogP contribution in [0.2, 0.25) is 0 Å². The van der Waals surface area contributed by atoms with Gasteiger partial charge in [0, 0.05) is 36.4 Å². The van der Waals surface area contributed by atoms with Crippen LogP contribution >= 0.6 is 0 Å². The summed E-state index contributed by atoms with van der Waals surface area (Å²) in [5.41, 5.74) is 3.13. The molecule has 2 aromatic heterocycles. The third-order valence-electron chi connectivity index (χ3n) is 6.27. The van der Waals surface area contributed by atoms with Crippen molar-refractivity contribution in [2.24, 2.45) is 11.8 Å². The number of nitrogens with zero attached hydrogens (tertiary/aromatic N) is 2. The third kappa shape index (κ3) is 5.86.